The molecule has 1 aromatic heterocycles. The van der Waals surface area contributed by atoms with E-state index in [9.17, 15) is 24.3 Å². The van der Waals surface area contributed by atoms with Gasteiger partial charge in [0, 0.05) is 31.0 Å². The van der Waals surface area contributed by atoms with Gasteiger partial charge in [-0.25, -0.2) is 0 Å². The van der Waals surface area contributed by atoms with E-state index in [0.717, 1.165) is 25.7 Å². The molecule has 0 saturated heterocycles. The minimum atomic E-state index is -2.51. The van der Waals surface area contributed by atoms with Crippen LogP contribution in [0.5, 0.6) is 0 Å². The molecule has 0 aliphatic heterocycles. The topological polar surface area (TPSA) is 131 Å². The number of pyridine rings is 1. The van der Waals surface area contributed by atoms with Crippen LogP contribution in [-0.4, -0.2) is 51.9 Å². The molecule has 1 fully saturated rings. The fourth-order valence-corrected chi connectivity index (χ4v) is 3.72. The van der Waals surface area contributed by atoms with Crippen LogP contribution in [0.4, 0.5) is 0 Å². The summed E-state index contributed by atoms with van der Waals surface area (Å²) in [6.07, 6.45) is 6.75. The second-order valence-corrected chi connectivity index (χ2v) is 7.63. The van der Waals surface area contributed by atoms with E-state index in [1.54, 1.807) is 6.92 Å². The predicted molar refractivity (Wildman–Crippen MR) is 103 cm³/mol. The third kappa shape index (κ3) is 5.69. The lowest BCUT2D eigenvalue weighted by molar-refractivity contribution is -0.154. The summed E-state index contributed by atoms with van der Waals surface area (Å²) in [5.41, 5.74) is -1.94. The molecule has 1 saturated carbocycles. The number of ketones is 2. The molecule has 0 bridgehead atoms. The van der Waals surface area contributed by atoms with Crippen molar-refractivity contribution in [3.8, 4) is 0 Å². The average molecular weight is 405 g/mol. The second-order valence-electron chi connectivity index (χ2n) is 7.63. The van der Waals surface area contributed by atoms with Crippen LogP contribution in [0.2, 0.25) is 0 Å². The lowest BCUT2D eigenvalue weighted by Crippen LogP contribution is -2.48. The Morgan fingerprint density at radius 1 is 1.14 bits per heavy atom. The molecule has 158 valence electrons. The Kier molecular flexibility index (Phi) is 8.01. The summed E-state index contributed by atoms with van der Waals surface area (Å²) in [6, 6.07) is 1.43. The number of aromatic nitrogens is 1. The van der Waals surface area contributed by atoms with Gasteiger partial charge < -0.3 is 14.9 Å². The van der Waals surface area contributed by atoms with Gasteiger partial charge in [-0.2, -0.15) is 0 Å². The van der Waals surface area contributed by atoms with Gasteiger partial charge >= 0.3 is 11.9 Å². The van der Waals surface area contributed by atoms with Crippen LogP contribution < -0.4 is 0 Å². The minimum absolute atomic E-state index is 0.0431. The van der Waals surface area contributed by atoms with Crippen LogP contribution in [0.1, 0.15) is 60.9 Å². The van der Waals surface area contributed by atoms with Crippen LogP contribution >= 0.6 is 0 Å². The maximum absolute atomic E-state index is 13.1. The SMILES string of the molecule is Cc1cncc(C(=O)C(CCC(=O)O)(C(=O)O)C(=O)COCC2CCCCC2)c1. The third-order valence-electron chi connectivity index (χ3n) is 5.39. The van der Waals surface area contributed by atoms with E-state index in [2.05, 4.69) is 4.98 Å². The number of aryl methyl sites for hydroxylation is 1. The summed E-state index contributed by atoms with van der Waals surface area (Å²) < 4.78 is 5.48. The minimum Gasteiger partial charge on any atom is -0.481 e. The quantitative estimate of drug-likeness (QED) is 0.424. The van der Waals surface area contributed by atoms with Crippen LogP contribution in [0.3, 0.4) is 0 Å². The lowest BCUT2D eigenvalue weighted by Gasteiger charge is -2.27. The van der Waals surface area contributed by atoms with Gasteiger partial charge in [0.15, 0.2) is 17.0 Å². The van der Waals surface area contributed by atoms with Gasteiger partial charge in [-0.1, -0.05) is 19.3 Å². The summed E-state index contributed by atoms with van der Waals surface area (Å²) in [5, 5.41) is 18.9. The van der Waals surface area contributed by atoms with Gasteiger partial charge in [-0.05, 0) is 43.7 Å². The van der Waals surface area contributed by atoms with E-state index in [4.69, 9.17) is 9.84 Å². The number of nitrogens with zero attached hydrogens (tertiary/aromatic N) is 1. The molecular weight excluding hydrogens is 378 g/mol. The number of hydrogen-bond donors (Lipinski definition) is 2. The fourth-order valence-electron chi connectivity index (χ4n) is 3.72. The second kappa shape index (κ2) is 10.2. The Hall–Kier alpha value is -2.61. The van der Waals surface area contributed by atoms with Gasteiger partial charge in [-0.15, -0.1) is 0 Å². The first kappa shape index (κ1) is 22.7. The predicted octanol–water partition coefficient (Wildman–Crippen LogP) is 2.67. The zero-order chi connectivity index (χ0) is 21.4. The van der Waals surface area contributed by atoms with E-state index >= 15 is 0 Å². The molecule has 1 aromatic rings. The zero-order valence-corrected chi connectivity index (χ0v) is 16.6. The Morgan fingerprint density at radius 3 is 2.41 bits per heavy atom. The van der Waals surface area contributed by atoms with Crippen molar-refractivity contribution in [2.75, 3.05) is 13.2 Å². The Balaban J connectivity index is 2.23. The van der Waals surface area contributed by atoms with E-state index in [1.807, 2.05) is 0 Å². The summed E-state index contributed by atoms with van der Waals surface area (Å²) in [7, 11) is 0. The summed E-state index contributed by atoms with van der Waals surface area (Å²) in [5.74, 6) is -4.55. The molecule has 2 N–H and O–H groups in total. The summed E-state index contributed by atoms with van der Waals surface area (Å²) in [4.78, 5) is 53.1. The zero-order valence-electron chi connectivity index (χ0n) is 16.6. The number of rotatable bonds is 11. The highest BCUT2D eigenvalue weighted by atomic mass is 16.5. The highest BCUT2D eigenvalue weighted by molar-refractivity contribution is 6.27. The largest absolute Gasteiger partial charge is 0.481 e. The molecular formula is C21H27NO7. The molecule has 0 spiro atoms. The fraction of sp³-hybridized carbons (Fsp3) is 0.571. The first-order chi connectivity index (χ1) is 13.8. The first-order valence-electron chi connectivity index (χ1n) is 9.80. The summed E-state index contributed by atoms with van der Waals surface area (Å²) >= 11 is 0. The van der Waals surface area contributed by atoms with Crippen molar-refractivity contribution in [3.05, 3.63) is 29.6 Å². The number of carboxylic acids is 2. The number of carbonyl (C=O) groups is 4. The molecule has 0 amide bonds. The number of carboxylic acid groups (broad SMARTS) is 2. The van der Waals surface area contributed by atoms with Gasteiger partial charge in [0.05, 0.1) is 0 Å². The van der Waals surface area contributed by atoms with Crippen LogP contribution in [-0.2, 0) is 19.1 Å². The molecule has 1 unspecified atom stereocenters. The molecule has 0 aromatic carbocycles. The van der Waals surface area contributed by atoms with Crippen molar-refractivity contribution >= 4 is 23.5 Å². The number of carbonyl (C=O) groups excluding carboxylic acids is 2. The molecule has 1 atom stereocenters. The molecule has 0 radical (unpaired) electrons. The molecule has 8 heteroatoms. The monoisotopic (exact) mass is 405 g/mol. The maximum Gasteiger partial charge on any atom is 0.325 e. The van der Waals surface area contributed by atoms with E-state index < -0.39 is 48.4 Å². The smallest absolute Gasteiger partial charge is 0.325 e. The first-order valence-corrected chi connectivity index (χ1v) is 9.80. The van der Waals surface area contributed by atoms with Crippen LogP contribution in [0.25, 0.3) is 0 Å². The van der Waals surface area contributed by atoms with Gasteiger partial charge in [0.25, 0.3) is 0 Å². The number of hydrogen-bond acceptors (Lipinski definition) is 6. The number of Topliss-reactive ketones (excluding diaryl/α,β-unsaturated/α-hetero) is 2. The van der Waals surface area contributed by atoms with E-state index in [0.29, 0.717) is 18.1 Å². The molecule has 1 aliphatic rings. The normalized spacial score (nSPS) is 16.7. The Morgan fingerprint density at radius 2 is 1.83 bits per heavy atom. The molecule has 8 nitrogen and oxygen atoms in total. The van der Waals surface area contributed by atoms with Crippen molar-refractivity contribution in [1.82, 2.24) is 4.98 Å². The van der Waals surface area contributed by atoms with E-state index in [-0.39, 0.29) is 5.56 Å². The van der Waals surface area contributed by atoms with Crippen LogP contribution in [0, 0.1) is 18.3 Å². The molecule has 1 heterocycles. The van der Waals surface area contributed by atoms with Gasteiger partial charge in [-0.3, -0.25) is 24.2 Å². The van der Waals surface area contributed by atoms with Gasteiger partial charge in [0.2, 0.25) is 0 Å². The number of ether oxygens (including phenoxy) is 1. The third-order valence-corrected chi connectivity index (χ3v) is 5.39. The van der Waals surface area contributed by atoms with Crippen molar-refractivity contribution in [2.24, 2.45) is 11.3 Å². The van der Waals surface area contributed by atoms with Crippen molar-refractivity contribution in [3.63, 3.8) is 0 Å². The van der Waals surface area contributed by atoms with Crippen molar-refractivity contribution in [1.29, 1.82) is 0 Å². The maximum atomic E-state index is 13.1. The van der Waals surface area contributed by atoms with Crippen molar-refractivity contribution < 1.29 is 34.1 Å². The van der Waals surface area contributed by atoms with Crippen LogP contribution in [0.15, 0.2) is 18.5 Å². The lowest BCUT2D eigenvalue weighted by atomic mass is 9.73. The van der Waals surface area contributed by atoms with E-state index in [1.165, 1.54) is 24.9 Å². The molecule has 29 heavy (non-hydrogen) atoms. The highest BCUT2D eigenvalue weighted by Gasteiger charge is 2.52. The average Bonchev–Trinajstić information content (AvgIpc) is 2.68. The van der Waals surface area contributed by atoms with Crippen molar-refractivity contribution in [2.45, 2.75) is 51.9 Å². The Labute approximate surface area is 169 Å². The summed E-state index contributed by atoms with van der Waals surface area (Å²) in [6.45, 7) is 1.45. The standard InChI is InChI=1S/C21H27NO7/c1-14-9-16(11-22-10-14)19(26)21(20(27)28,8-7-18(24)25)17(23)13-29-12-15-5-3-2-4-6-15/h9-11,15H,2-8,12-13H2,1H3,(H,24,25)(H,27,28). The number of aliphatic carboxylic acids is 2. The Bertz CT molecular complexity index is 770. The van der Waals surface area contributed by atoms with Gasteiger partial charge in [0.1, 0.15) is 6.61 Å². The molecule has 2 rings (SSSR count). The molecule has 1 aliphatic carbocycles. The highest BCUT2D eigenvalue weighted by Crippen LogP contribution is 2.32.